The number of hydrogen-bond acceptors (Lipinski definition) is 2. The highest BCUT2D eigenvalue weighted by Crippen LogP contribution is 2.24. The smallest absolute Gasteiger partial charge is 0.314 e. The normalized spacial score (nSPS) is 11.0. The van der Waals surface area contributed by atoms with E-state index in [0.717, 1.165) is 17.7 Å². The van der Waals surface area contributed by atoms with Crippen molar-refractivity contribution in [1.29, 1.82) is 0 Å². The summed E-state index contributed by atoms with van der Waals surface area (Å²) in [5, 5.41) is 5.86. The van der Waals surface area contributed by atoms with Gasteiger partial charge in [-0.25, -0.2) is 4.79 Å². The minimum Gasteiger partial charge on any atom is -0.497 e. The largest absolute Gasteiger partial charge is 0.497 e. The van der Waals surface area contributed by atoms with Crippen LogP contribution in [0.3, 0.4) is 0 Å². The van der Waals surface area contributed by atoms with Crippen molar-refractivity contribution < 1.29 is 9.53 Å². The van der Waals surface area contributed by atoms with E-state index < -0.39 is 0 Å². The zero-order valence-electron chi connectivity index (χ0n) is 14.6. The van der Waals surface area contributed by atoms with Crippen LogP contribution in [0.1, 0.15) is 25.0 Å². The number of carbonyl (C=O) groups excluding carboxylic acids is 1. The van der Waals surface area contributed by atoms with Crippen LogP contribution in [0, 0.1) is 0 Å². The third-order valence-corrected chi connectivity index (χ3v) is 4.10. The SMILES string of the molecule is COc1ccc(C(C)(C)CNC(=O)NCCc2ccccc2)cc1. The summed E-state index contributed by atoms with van der Waals surface area (Å²) in [5.74, 6) is 0.834. The molecule has 0 aliphatic carbocycles. The summed E-state index contributed by atoms with van der Waals surface area (Å²) in [6.45, 7) is 5.41. The molecule has 4 nitrogen and oxygen atoms in total. The summed E-state index contributed by atoms with van der Waals surface area (Å²) in [6.07, 6.45) is 0.829. The molecule has 0 unspecified atom stereocenters. The van der Waals surface area contributed by atoms with E-state index in [-0.39, 0.29) is 11.4 Å². The maximum Gasteiger partial charge on any atom is 0.314 e. The van der Waals surface area contributed by atoms with Crippen LogP contribution in [0.25, 0.3) is 0 Å². The molecule has 2 aromatic carbocycles. The van der Waals surface area contributed by atoms with Crippen molar-refractivity contribution in [2.24, 2.45) is 0 Å². The van der Waals surface area contributed by atoms with Crippen LogP contribution in [0.4, 0.5) is 4.79 Å². The van der Waals surface area contributed by atoms with Crippen LogP contribution >= 0.6 is 0 Å². The van der Waals surface area contributed by atoms with E-state index >= 15 is 0 Å². The number of amides is 2. The van der Waals surface area contributed by atoms with E-state index in [1.54, 1.807) is 7.11 Å². The molecule has 0 fully saturated rings. The van der Waals surface area contributed by atoms with Crippen molar-refractivity contribution in [1.82, 2.24) is 10.6 Å². The summed E-state index contributed by atoms with van der Waals surface area (Å²) in [4.78, 5) is 12.0. The second-order valence-corrected chi connectivity index (χ2v) is 6.46. The molecule has 0 heterocycles. The molecule has 0 atom stereocenters. The van der Waals surface area contributed by atoms with Crippen molar-refractivity contribution >= 4 is 6.03 Å². The highest BCUT2D eigenvalue weighted by molar-refractivity contribution is 5.74. The lowest BCUT2D eigenvalue weighted by atomic mass is 9.84. The first-order chi connectivity index (χ1) is 11.5. The fourth-order valence-corrected chi connectivity index (χ4v) is 2.47. The third kappa shape index (κ3) is 5.30. The predicted octanol–water partition coefficient (Wildman–Crippen LogP) is 3.51. The van der Waals surface area contributed by atoms with Crippen molar-refractivity contribution in [3.63, 3.8) is 0 Å². The second-order valence-electron chi connectivity index (χ2n) is 6.46. The fraction of sp³-hybridized carbons (Fsp3) is 0.350. The molecular weight excluding hydrogens is 300 g/mol. The van der Waals surface area contributed by atoms with Gasteiger partial charge >= 0.3 is 6.03 Å². The van der Waals surface area contributed by atoms with Crippen molar-refractivity contribution in [3.8, 4) is 5.75 Å². The molecule has 2 rings (SSSR count). The van der Waals surface area contributed by atoms with Crippen LogP contribution in [-0.2, 0) is 11.8 Å². The van der Waals surface area contributed by atoms with Crippen LogP contribution in [0.5, 0.6) is 5.75 Å². The van der Waals surface area contributed by atoms with Crippen LogP contribution in [-0.4, -0.2) is 26.2 Å². The summed E-state index contributed by atoms with van der Waals surface area (Å²) in [5.41, 5.74) is 2.23. The minimum atomic E-state index is -0.150. The monoisotopic (exact) mass is 326 g/mol. The van der Waals surface area contributed by atoms with E-state index in [9.17, 15) is 4.79 Å². The van der Waals surface area contributed by atoms with Gasteiger partial charge in [-0.1, -0.05) is 56.3 Å². The first kappa shape index (κ1) is 17.9. The maximum absolute atomic E-state index is 12.0. The predicted molar refractivity (Wildman–Crippen MR) is 97.6 cm³/mol. The van der Waals surface area contributed by atoms with Gasteiger partial charge in [-0.05, 0) is 29.7 Å². The molecule has 2 aromatic rings. The molecule has 0 spiro atoms. The van der Waals surface area contributed by atoms with Gasteiger partial charge in [-0.15, -0.1) is 0 Å². The molecule has 4 heteroatoms. The lowest BCUT2D eigenvalue weighted by molar-refractivity contribution is 0.238. The molecule has 2 N–H and O–H groups in total. The number of benzene rings is 2. The first-order valence-corrected chi connectivity index (χ1v) is 8.21. The molecule has 128 valence electrons. The Kier molecular flexibility index (Phi) is 6.24. The fourth-order valence-electron chi connectivity index (χ4n) is 2.47. The Hall–Kier alpha value is -2.49. The van der Waals surface area contributed by atoms with Gasteiger partial charge < -0.3 is 15.4 Å². The van der Waals surface area contributed by atoms with E-state index in [0.29, 0.717) is 13.1 Å². The van der Waals surface area contributed by atoms with Crippen LogP contribution in [0.15, 0.2) is 54.6 Å². The van der Waals surface area contributed by atoms with Crippen molar-refractivity contribution in [2.45, 2.75) is 25.7 Å². The van der Waals surface area contributed by atoms with Crippen LogP contribution < -0.4 is 15.4 Å². The zero-order valence-corrected chi connectivity index (χ0v) is 14.6. The molecule has 24 heavy (non-hydrogen) atoms. The number of ether oxygens (including phenoxy) is 1. The Morgan fingerprint density at radius 2 is 1.67 bits per heavy atom. The first-order valence-electron chi connectivity index (χ1n) is 8.21. The lowest BCUT2D eigenvalue weighted by Gasteiger charge is -2.26. The van der Waals surface area contributed by atoms with Gasteiger partial charge in [0.25, 0.3) is 0 Å². The van der Waals surface area contributed by atoms with Crippen molar-refractivity contribution in [3.05, 3.63) is 65.7 Å². The summed E-state index contributed by atoms with van der Waals surface area (Å²) < 4.78 is 5.18. The molecule has 0 saturated carbocycles. The number of hydrogen-bond donors (Lipinski definition) is 2. The quantitative estimate of drug-likeness (QED) is 0.818. The van der Waals surface area contributed by atoms with Crippen LogP contribution in [0.2, 0.25) is 0 Å². The summed E-state index contributed by atoms with van der Waals surface area (Å²) in [6, 6.07) is 18.0. The Labute approximate surface area is 144 Å². The van der Waals surface area contributed by atoms with Gasteiger partial charge in [0.1, 0.15) is 5.75 Å². The molecule has 0 saturated heterocycles. The third-order valence-electron chi connectivity index (χ3n) is 4.10. The van der Waals surface area contributed by atoms with E-state index in [1.165, 1.54) is 5.56 Å². The van der Waals surface area contributed by atoms with Gasteiger partial charge in [0, 0.05) is 18.5 Å². The Bertz CT molecular complexity index is 636. The molecule has 2 amide bonds. The van der Waals surface area contributed by atoms with Gasteiger partial charge in [-0.2, -0.15) is 0 Å². The maximum atomic E-state index is 12.0. The van der Waals surface area contributed by atoms with E-state index in [2.05, 4.69) is 36.6 Å². The van der Waals surface area contributed by atoms with Gasteiger partial charge in [0.15, 0.2) is 0 Å². The average Bonchev–Trinajstić information content (AvgIpc) is 2.61. The molecule has 0 radical (unpaired) electrons. The summed E-state index contributed by atoms with van der Waals surface area (Å²) in [7, 11) is 1.65. The Morgan fingerprint density at radius 3 is 2.29 bits per heavy atom. The van der Waals surface area contributed by atoms with Gasteiger partial charge in [0.2, 0.25) is 0 Å². The zero-order chi connectivity index (χ0) is 17.4. The number of urea groups is 1. The number of carbonyl (C=O) groups is 1. The Balaban J connectivity index is 1.77. The summed E-state index contributed by atoms with van der Waals surface area (Å²) >= 11 is 0. The molecule has 0 bridgehead atoms. The highest BCUT2D eigenvalue weighted by atomic mass is 16.5. The topological polar surface area (TPSA) is 50.4 Å². The molecular formula is C20H26N2O2. The van der Waals surface area contributed by atoms with E-state index in [4.69, 9.17) is 4.74 Å². The number of nitrogens with one attached hydrogen (secondary N) is 2. The van der Waals surface area contributed by atoms with Gasteiger partial charge in [-0.3, -0.25) is 0 Å². The minimum absolute atomic E-state index is 0.132. The molecule has 0 aliphatic heterocycles. The molecule has 0 aromatic heterocycles. The highest BCUT2D eigenvalue weighted by Gasteiger charge is 2.21. The second kappa shape index (κ2) is 8.39. The average molecular weight is 326 g/mol. The Morgan fingerprint density at radius 1 is 1.00 bits per heavy atom. The van der Waals surface area contributed by atoms with Crippen molar-refractivity contribution in [2.75, 3.05) is 20.2 Å². The van der Waals surface area contributed by atoms with Gasteiger partial charge in [0.05, 0.1) is 7.11 Å². The standard InChI is InChI=1S/C20H26N2O2/c1-20(2,17-9-11-18(24-3)12-10-17)15-22-19(23)21-14-13-16-7-5-4-6-8-16/h4-12H,13-15H2,1-3H3,(H2,21,22,23). The molecule has 0 aliphatic rings. The van der Waals surface area contributed by atoms with E-state index in [1.807, 2.05) is 42.5 Å². The number of methoxy groups -OCH3 is 1. The number of rotatable bonds is 7. The lowest BCUT2D eigenvalue weighted by Crippen LogP contribution is -2.42.